The van der Waals surface area contributed by atoms with Crippen molar-refractivity contribution >= 4 is 23.9 Å². The van der Waals surface area contributed by atoms with Gasteiger partial charge in [-0.3, -0.25) is 0 Å². The topological polar surface area (TPSA) is 38.4 Å². The van der Waals surface area contributed by atoms with Gasteiger partial charge < -0.3 is 5.73 Å². The largest absolute Gasteiger partial charge is 0.383 e. The number of benzene rings is 2. The molecule has 2 N–H and O–H groups in total. The van der Waals surface area contributed by atoms with Crippen LogP contribution in [0.1, 0.15) is 16.7 Å². The number of aryl methyl sites for hydroxylation is 2. The van der Waals surface area contributed by atoms with Gasteiger partial charge in [-0.2, -0.15) is 0 Å². The van der Waals surface area contributed by atoms with Crippen LogP contribution < -0.4 is 5.73 Å². The normalized spacial score (nSPS) is 10.9. The van der Waals surface area contributed by atoms with Crippen molar-refractivity contribution in [2.45, 2.75) is 13.8 Å². The van der Waals surface area contributed by atoms with E-state index in [0.717, 1.165) is 22.4 Å². The molecule has 2 nitrogen and oxygen atoms in total. The number of nitrogens with zero attached hydrogens (tertiary/aromatic N) is 1. The summed E-state index contributed by atoms with van der Waals surface area (Å²) in [6.07, 6.45) is 0. The maximum atomic E-state index is 6.01. The Morgan fingerprint density at radius 1 is 0.889 bits per heavy atom. The first kappa shape index (κ1) is 14.3. The summed E-state index contributed by atoms with van der Waals surface area (Å²) in [4.78, 5) is 4.52. The molecule has 3 heteroatoms. The van der Waals surface area contributed by atoms with Crippen LogP contribution in [-0.2, 0) is 0 Å². The second kappa shape index (κ2) is 6.22. The zero-order valence-corrected chi connectivity index (χ0v) is 11.4. The van der Waals surface area contributed by atoms with E-state index >= 15 is 0 Å². The number of halogens is 1. The van der Waals surface area contributed by atoms with E-state index in [0.29, 0.717) is 5.84 Å². The summed E-state index contributed by atoms with van der Waals surface area (Å²) in [7, 11) is 0. The average molecular weight is 261 g/mol. The third kappa shape index (κ3) is 3.11. The minimum Gasteiger partial charge on any atom is -0.383 e. The molecule has 0 aliphatic rings. The van der Waals surface area contributed by atoms with Crippen LogP contribution in [0.3, 0.4) is 0 Å². The summed E-state index contributed by atoms with van der Waals surface area (Å²) in [5, 5.41) is 0. The quantitative estimate of drug-likeness (QED) is 0.648. The summed E-state index contributed by atoms with van der Waals surface area (Å²) < 4.78 is 0. The van der Waals surface area contributed by atoms with E-state index in [4.69, 9.17) is 5.73 Å². The Morgan fingerprint density at radius 2 is 1.44 bits per heavy atom. The number of amidine groups is 1. The van der Waals surface area contributed by atoms with Crippen LogP contribution in [0.2, 0.25) is 0 Å². The highest BCUT2D eigenvalue weighted by Gasteiger charge is 2.02. The van der Waals surface area contributed by atoms with Crippen molar-refractivity contribution in [2.24, 2.45) is 10.7 Å². The van der Waals surface area contributed by atoms with Gasteiger partial charge >= 0.3 is 0 Å². The molecule has 0 heterocycles. The predicted octanol–water partition coefficient (Wildman–Crippen LogP) is 3.76. The average Bonchev–Trinajstić information content (AvgIpc) is 2.35. The molecular weight excluding hydrogens is 244 g/mol. The van der Waals surface area contributed by atoms with Crippen LogP contribution in [0.15, 0.2) is 53.5 Å². The Balaban J connectivity index is 0.00000162. The van der Waals surface area contributed by atoms with Gasteiger partial charge in [-0.25, -0.2) is 4.99 Å². The molecule has 2 aromatic carbocycles. The van der Waals surface area contributed by atoms with E-state index in [-0.39, 0.29) is 12.4 Å². The Kier molecular flexibility index (Phi) is 4.93. The third-order valence-corrected chi connectivity index (χ3v) is 2.74. The maximum Gasteiger partial charge on any atom is 0.131 e. The minimum atomic E-state index is 0. The van der Waals surface area contributed by atoms with E-state index in [1.807, 2.05) is 62.4 Å². The van der Waals surface area contributed by atoms with E-state index in [1.54, 1.807) is 0 Å². The van der Waals surface area contributed by atoms with Crippen LogP contribution in [0.5, 0.6) is 0 Å². The second-order valence-electron chi connectivity index (χ2n) is 4.10. The monoisotopic (exact) mass is 260 g/mol. The molecule has 0 saturated carbocycles. The zero-order valence-electron chi connectivity index (χ0n) is 10.6. The lowest BCUT2D eigenvalue weighted by Crippen LogP contribution is -2.12. The molecule has 0 aliphatic carbocycles. The van der Waals surface area contributed by atoms with Crippen molar-refractivity contribution in [1.82, 2.24) is 0 Å². The highest BCUT2D eigenvalue weighted by molar-refractivity contribution is 5.99. The maximum absolute atomic E-state index is 6.01. The lowest BCUT2D eigenvalue weighted by atomic mass is 10.1. The van der Waals surface area contributed by atoms with Gasteiger partial charge in [-0.15, -0.1) is 12.4 Å². The smallest absolute Gasteiger partial charge is 0.131 e. The van der Waals surface area contributed by atoms with E-state index in [9.17, 15) is 0 Å². The van der Waals surface area contributed by atoms with Gasteiger partial charge in [0, 0.05) is 5.56 Å². The molecule has 0 spiro atoms. The zero-order chi connectivity index (χ0) is 12.3. The third-order valence-electron chi connectivity index (χ3n) is 2.74. The molecule has 0 aliphatic heterocycles. The molecule has 0 atom stereocenters. The number of hydrogen-bond donors (Lipinski definition) is 1. The number of rotatable bonds is 2. The summed E-state index contributed by atoms with van der Waals surface area (Å²) in [5.74, 6) is 0.558. The fraction of sp³-hybridized carbons (Fsp3) is 0.133. The summed E-state index contributed by atoms with van der Waals surface area (Å²) >= 11 is 0. The van der Waals surface area contributed by atoms with Gasteiger partial charge in [-0.05, 0) is 25.0 Å². The fourth-order valence-corrected chi connectivity index (χ4v) is 1.78. The highest BCUT2D eigenvalue weighted by Crippen LogP contribution is 2.23. The SMILES string of the molecule is Cc1cccc(C)c1N=C(N)c1ccccc1.Cl. The van der Waals surface area contributed by atoms with Crippen LogP contribution >= 0.6 is 12.4 Å². The molecule has 2 aromatic rings. The van der Waals surface area contributed by atoms with Crippen LogP contribution in [0, 0.1) is 13.8 Å². The van der Waals surface area contributed by atoms with Crippen molar-refractivity contribution in [3.8, 4) is 0 Å². The van der Waals surface area contributed by atoms with Gasteiger partial charge in [0.1, 0.15) is 5.84 Å². The van der Waals surface area contributed by atoms with Crippen LogP contribution in [0.4, 0.5) is 5.69 Å². The molecular formula is C15H17ClN2. The highest BCUT2D eigenvalue weighted by atomic mass is 35.5. The molecule has 0 amide bonds. The molecule has 0 unspecified atom stereocenters. The van der Waals surface area contributed by atoms with Crippen molar-refractivity contribution in [3.63, 3.8) is 0 Å². The number of aliphatic imine (C=N–C) groups is 1. The summed E-state index contributed by atoms with van der Waals surface area (Å²) in [6, 6.07) is 15.9. The number of para-hydroxylation sites is 1. The molecule has 0 aromatic heterocycles. The lowest BCUT2D eigenvalue weighted by molar-refractivity contribution is 1.31. The van der Waals surface area contributed by atoms with Gasteiger partial charge in [-0.1, -0.05) is 48.5 Å². The molecule has 2 rings (SSSR count). The Hall–Kier alpha value is -1.80. The standard InChI is InChI=1S/C15H16N2.ClH/c1-11-7-6-8-12(2)14(11)17-15(16)13-9-4-3-5-10-13;/h3-10H,1-2H3,(H2,16,17);1H. The first-order valence-electron chi connectivity index (χ1n) is 5.64. The second-order valence-corrected chi connectivity index (χ2v) is 4.10. The minimum absolute atomic E-state index is 0. The molecule has 0 radical (unpaired) electrons. The van der Waals surface area contributed by atoms with Gasteiger partial charge in [0.2, 0.25) is 0 Å². The fourth-order valence-electron chi connectivity index (χ4n) is 1.78. The van der Waals surface area contributed by atoms with Gasteiger partial charge in [0.25, 0.3) is 0 Å². The molecule has 0 bridgehead atoms. The number of nitrogens with two attached hydrogens (primary N) is 1. The van der Waals surface area contributed by atoms with E-state index in [1.165, 1.54) is 0 Å². The van der Waals surface area contributed by atoms with Crippen LogP contribution in [-0.4, -0.2) is 5.84 Å². The van der Waals surface area contributed by atoms with Gasteiger partial charge in [0.05, 0.1) is 5.69 Å². The Morgan fingerprint density at radius 3 is 2.00 bits per heavy atom. The van der Waals surface area contributed by atoms with Crippen molar-refractivity contribution in [2.75, 3.05) is 0 Å². The first-order chi connectivity index (χ1) is 8.18. The predicted molar refractivity (Wildman–Crippen MR) is 80.0 cm³/mol. The summed E-state index contributed by atoms with van der Waals surface area (Å²) in [6.45, 7) is 4.09. The van der Waals surface area contributed by atoms with E-state index < -0.39 is 0 Å². The van der Waals surface area contributed by atoms with Crippen molar-refractivity contribution in [3.05, 3.63) is 65.2 Å². The van der Waals surface area contributed by atoms with Crippen molar-refractivity contribution < 1.29 is 0 Å². The molecule has 0 fully saturated rings. The first-order valence-corrected chi connectivity index (χ1v) is 5.64. The lowest BCUT2D eigenvalue weighted by Gasteiger charge is -2.06. The molecule has 0 saturated heterocycles. The molecule has 94 valence electrons. The molecule has 18 heavy (non-hydrogen) atoms. The van der Waals surface area contributed by atoms with E-state index in [2.05, 4.69) is 4.99 Å². The van der Waals surface area contributed by atoms with Crippen molar-refractivity contribution in [1.29, 1.82) is 0 Å². The van der Waals surface area contributed by atoms with Crippen LogP contribution in [0.25, 0.3) is 0 Å². The number of hydrogen-bond acceptors (Lipinski definition) is 1. The van der Waals surface area contributed by atoms with Gasteiger partial charge in [0.15, 0.2) is 0 Å². The Labute approximate surface area is 114 Å². The summed E-state index contributed by atoms with van der Waals surface area (Å²) in [5.41, 5.74) is 10.2. The Bertz CT molecular complexity index is 527.